The maximum atomic E-state index is 5.21. The molecule has 2 aromatic carbocycles. The fourth-order valence-corrected chi connectivity index (χ4v) is 6.86. The van der Waals surface area contributed by atoms with Crippen LogP contribution in [-0.2, 0) is 6.42 Å². The Morgan fingerprint density at radius 1 is 0.717 bits per heavy atom. The molecule has 2 atom stereocenters. The summed E-state index contributed by atoms with van der Waals surface area (Å²) in [6, 6.07) is 16.6. The van der Waals surface area contributed by atoms with Crippen molar-refractivity contribution < 1.29 is 0 Å². The van der Waals surface area contributed by atoms with Gasteiger partial charge in [0.25, 0.3) is 0 Å². The molecule has 220 valence electrons. The van der Waals surface area contributed by atoms with Crippen LogP contribution < -0.4 is 10.6 Å². The second-order valence-corrected chi connectivity index (χ2v) is 12.5. The molecule has 1 fully saturated rings. The fourth-order valence-electron chi connectivity index (χ4n) is 6.86. The Balaban J connectivity index is 1.19. The van der Waals surface area contributed by atoms with Crippen molar-refractivity contribution in [3.8, 4) is 34.2 Å². The monoisotopic (exact) mass is 593 g/mol. The first-order valence-electron chi connectivity index (χ1n) is 16.0. The highest BCUT2D eigenvalue weighted by Crippen LogP contribution is 2.42. The van der Waals surface area contributed by atoms with E-state index in [1.54, 1.807) is 0 Å². The van der Waals surface area contributed by atoms with Gasteiger partial charge in [0.2, 0.25) is 0 Å². The first kappa shape index (κ1) is 26.8. The summed E-state index contributed by atoms with van der Waals surface area (Å²) in [5.41, 5.74) is 9.15. The molecule has 0 bridgehead atoms. The molecule has 5 heteroatoms. The van der Waals surface area contributed by atoms with Gasteiger partial charge in [-0.05, 0) is 60.8 Å². The van der Waals surface area contributed by atoms with Crippen LogP contribution in [0.4, 0.5) is 0 Å². The average molecular weight is 594 g/mol. The van der Waals surface area contributed by atoms with E-state index < -0.39 is 0 Å². The maximum Gasteiger partial charge on any atom is 0.178 e. The first-order valence-corrected chi connectivity index (χ1v) is 16.0. The zero-order valence-corrected chi connectivity index (χ0v) is 25.6. The highest BCUT2D eigenvalue weighted by atomic mass is 14.9. The van der Waals surface area contributed by atoms with E-state index in [0.717, 1.165) is 57.4 Å². The summed E-state index contributed by atoms with van der Waals surface area (Å²) in [6.07, 6.45) is 29.0. The largest absolute Gasteiger partial charge is 0.244 e. The van der Waals surface area contributed by atoms with Crippen molar-refractivity contribution in [2.75, 3.05) is 0 Å². The molecule has 5 nitrogen and oxygen atoms in total. The SMILES string of the molecule is CC1=C(c2cc(-c3cnc(-c4nc5c(c6c7c(ccc46)CC=CC=C7)=CC4CC4C=5)nc3)nc(-c3ccccc3)n2)C=CCC=C1. The van der Waals surface area contributed by atoms with Crippen LogP contribution in [0.1, 0.15) is 36.6 Å². The van der Waals surface area contributed by atoms with Gasteiger partial charge in [0, 0.05) is 45.1 Å². The van der Waals surface area contributed by atoms with E-state index in [9.17, 15) is 0 Å². The van der Waals surface area contributed by atoms with Gasteiger partial charge in [-0.25, -0.2) is 24.9 Å². The van der Waals surface area contributed by atoms with Gasteiger partial charge in [0.1, 0.15) is 5.69 Å². The number of benzene rings is 2. The molecule has 0 radical (unpaired) electrons. The van der Waals surface area contributed by atoms with Crippen LogP contribution in [0.15, 0.2) is 109 Å². The Labute approximate surface area is 267 Å². The van der Waals surface area contributed by atoms with Crippen molar-refractivity contribution in [1.29, 1.82) is 0 Å². The third-order valence-corrected chi connectivity index (χ3v) is 9.40. The van der Waals surface area contributed by atoms with Gasteiger partial charge in [0.15, 0.2) is 11.6 Å². The lowest BCUT2D eigenvalue weighted by molar-refractivity contribution is 1.04. The first-order chi connectivity index (χ1) is 22.7. The molecule has 1 saturated carbocycles. The summed E-state index contributed by atoms with van der Waals surface area (Å²) in [5, 5.41) is 4.65. The summed E-state index contributed by atoms with van der Waals surface area (Å²) in [6.45, 7) is 2.13. The van der Waals surface area contributed by atoms with Gasteiger partial charge in [-0.15, -0.1) is 0 Å². The van der Waals surface area contributed by atoms with E-state index in [0.29, 0.717) is 23.5 Å². The summed E-state index contributed by atoms with van der Waals surface area (Å²) in [4.78, 5) is 25.1. The molecular weight excluding hydrogens is 562 g/mol. The van der Waals surface area contributed by atoms with Crippen LogP contribution in [0.3, 0.4) is 0 Å². The van der Waals surface area contributed by atoms with Crippen LogP contribution in [0.5, 0.6) is 0 Å². The minimum Gasteiger partial charge on any atom is -0.244 e. The minimum absolute atomic E-state index is 0.594. The lowest BCUT2D eigenvalue weighted by Gasteiger charge is -2.14. The van der Waals surface area contributed by atoms with Crippen molar-refractivity contribution >= 4 is 34.6 Å². The number of aromatic nitrogens is 5. The highest BCUT2D eigenvalue weighted by Gasteiger charge is 2.35. The maximum absolute atomic E-state index is 5.21. The smallest absolute Gasteiger partial charge is 0.178 e. The molecule has 0 N–H and O–H groups in total. The van der Waals surface area contributed by atoms with Crippen LogP contribution >= 0.6 is 0 Å². The van der Waals surface area contributed by atoms with Crippen molar-refractivity contribution in [2.45, 2.75) is 26.2 Å². The summed E-state index contributed by atoms with van der Waals surface area (Å²) in [5.74, 6) is 2.52. The number of pyridine rings is 1. The van der Waals surface area contributed by atoms with Gasteiger partial charge in [-0.1, -0.05) is 103 Å². The van der Waals surface area contributed by atoms with E-state index in [1.165, 1.54) is 33.7 Å². The molecule has 0 aliphatic heterocycles. The van der Waals surface area contributed by atoms with Crippen LogP contribution in [0.25, 0.3) is 68.7 Å². The molecule has 2 unspecified atom stereocenters. The predicted molar refractivity (Wildman–Crippen MR) is 186 cm³/mol. The van der Waals surface area contributed by atoms with E-state index in [2.05, 4.69) is 79.8 Å². The van der Waals surface area contributed by atoms with Crippen LogP contribution in [-0.4, -0.2) is 24.9 Å². The second kappa shape index (κ2) is 10.8. The van der Waals surface area contributed by atoms with Gasteiger partial charge >= 0.3 is 0 Å². The Morgan fingerprint density at radius 3 is 2.43 bits per heavy atom. The van der Waals surface area contributed by atoms with Crippen molar-refractivity contribution in [3.05, 3.63) is 136 Å². The van der Waals surface area contributed by atoms with E-state index in [1.807, 2.05) is 48.8 Å². The Morgan fingerprint density at radius 2 is 1.54 bits per heavy atom. The van der Waals surface area contributed by atoms with E-state index in [-0.39, 0.29) is 0 Å². The third-order valence-electron chi connectivity index (χ3n) is 9.40. The zero-order valence-electron chi connectivity index (χ0n) is 25.6. The van der Waals surface area contributed by atoms with Gasteiger partial charge < -0.3 is 0 Å². The van der Waals surface area contributed by atoms with E-state index >= 15 is 0 Å². The molecule has 5 aromatic rings. The summed E-state index contributed by atoms with van der Waals surface area (Å²) in [7, 11) is 0. The van der Waals surface area contributed by atoms with Crippen molar-refractivity contribution in [2.24, 2.45) is 11.8 Å². The van der Waals surface area contributed by atoms with Gasteiger partial charge in [-0.2, -0.15) is 0 Å². The minimum atomic E-state index is 0.594. The topological polar surface area (TPSA) is 64.5 Å². The number of fused-ring (bicyclic) bond motifs is 6. The Kier molecular flexibility index (Phi) is 6.30. The summed E-state index contributed by atoms with van der Waals surface area (Å²) >= 11 is 0. The fraction of sp³-hybridized carbons (Fsp3) is 0.146. The molecule has 9 rings (SSSR count). The van der Waals surface area contributed by atoms with Crippen LogP contribution in [0, 0.1) is 11.8 Å². The lowest BCUT2D eigenvalue weighted by atomic mass is 9.93. The van der Waals surface area contributed by atoms with Crippen molar-refractivity contribution in [3.63, 3.8) is 0 Å². The van der Waals surface area contributed by atoms with E-state index in [4.69, 9.17) is 24.9 Å². The van der Waals surface area contributed by atoms with Crippen LogP contribution in [0.2, 0.25) is 0 Å². The molecule has 0 saturated heterocycles. The average Bonchev–Trinajstić information content (AvgIpc) is 3.93. The molecule has 3 heterocycles. The molecule has 4 aliphatic rings. The third kappa shape index (κ3) is 4.67. The Bertz CT molecular complexity index is 2340. The molecule has 46 heavy (non-hydrogen) atoms. The Hall–Kier alpha value is -5.55. The quantitative estimate of drug-likeness (QED) is 0.217. The molecule has 0 amide bonds. The van der Waals surface area contributed by atoms with Crippen molar-refractivity contribution in [1.82, 2.24) is 24.9 Å². The molecule has 3 aromatic heterocycles. The number of allylic oxidation sites excluding steroid dienone is 9. The number of hydrogen-bond acceptors (Lipinski definition) is 5. The number of hydrogen-bond donors (Lipinski definition) is 0. The highest BCUT2D eigenvalue weighted by molar-refractivity contribution is 6.00. The lowest BCUT2D eigenvalue weighted by Crippen LogP contribution is -2.32. The zero-order chi connectivity index (χ0) is 30.6. The molecule has 0 spiro atoms. The normalized spacial score (nSPS) is 19.1. The predicted octanol–water partition coefficient (Wildman–Crippen LogP) is 7.44. The van der Waals surface area contributed by atoms with Gasteiger partial charge in [-0.3, -0.25) is 0 Å². The standard InChI is InChI=1S/C41H31N5/c1-25-11-5-2-9-15-31(25)37-22-35(45-40(46-37)27-13-7-3-8-14-27)30-23-42-41(43-24-30)39-33-18-17-26-12-6-4-10-16-32(26)38(33)34-20-28-19-29(28)21-36(34)44-39/h3-11,13-18,20-24,28-29H,2,12,19H2,1H3. The molecule has 4 aliphatic carbocycles. The van der Waals surface area contributed by atoms with Gasteiger partial charge in [0.05, 0.1) is 16.7 Å². The summed E-state index contributed by atoms with van der Waals surface area (Å²) < 4.78 is 0. The second-order valence-electron chi connectivity index (χ2n) is 12.5. The number of rotatable bonds is 4. The molecular formula is C41H31N5. The number of nitrogens with zero attached hydrogens (tertiary/aromatic N) is 5.